The van der Waals surface area contributed by atoms with Crippen LogP contribution in [0.3, 0.4) is 0 Å². The molecule has 130 valence electrons. The van der Waals surface area contributed by atoms with Crippen LogP contribution in [0.25, 0.3) is 0 Å². The summed E-state index contributed by atoms with van der Waals surface area (Å²) < 4.78 is 2.99. The molecule has 0 saturated carbocycles. The lowest BCUT2D eigenvalue weighted by Gasteiger charge is -2.38. The van der Waals surface area contributed by atoms with Crippen molar-refractivity contribution in [2.24, 2.45) is 5.73 Å². The van der Waals surface area contributed by atoms with E-state index in [-0.39, 0.29) is 6.03 Å². The Labute approximate surface area is 147 Å². The maximum Gasteiger partial charge on any atom is 0.329 e. The van der Waals surface area contributed by atoms with Crippen LogP contribution < -0.4 is 15.8 Å². The molecule has 0 radical (unpaired) electrons. The molecule has 1 heterocycles. The molecule has 24 heavy (non-hydrogen) atoms. The molecule has 0 spiro atoms. The van der Waals surface area contributed by atoms with Crippen LogP contribution in [0.15, 0.2) is 6.07 Å². The number of aryl methyl sites for hydroxylation is 2. The molecule has 0 bridgehead atoms. The maximum absolute atomic E-state index is 12.4. The van der Waals surface area contributed by atoms with Crippen LogP contribution in [-0.4, -0.2) is 42.4 Å². The maximum atomic E-state index is 12.4. The molecule has 2 aliphatic carbocycles. The molecular weight excluding hydrogens is 320 g/mol. The number of nitrogens with two attached hydrogens (primary N) is 1. The standard InChI is InChI=1S/C18H26N4OS/c19-7-8-22-10-14(11-22)24-21-18(23)20-17-15-5-1-3-12(15)9-13-4-2-6-16(13)17/h9,14H,1-8,10-11,19H2,(H2,20,21,23). The lowest BCUT2D eigenvalue weighted by atomic mass is 9.99. The predicted octanol–water partition coefficient (Wildman–Crippen LogP) is 2.08. The molecule has 1 aromatic carbocycles. The van der Waals surface area contributed by atoms with Gasteiger partial charge in [-0.25, -0.2) is 4.79 Å². The van der Waals surface area contributed by atoms with Gasteiger partial charge in [0, 0.05) is 31.9 Å². The van der Waals surface area contributed by atoms with E-state index in [9.17, 15) is 4.79 Å². The van der Waals surface area contributed by atoms with Gasteiger partial charge in [-0.15, -0.1) is 0 Å². The Morgan fingerprint density at radius 2 is 1.83 bits per heavy atom. The number of likely N-dealkylation sites (tertiary alicyclic amines) is 1. The zero-order valence-electron chi connectivity index (χ0n) is 14.1. The predicted molar refractivity (Wildman–Crippen MR) is 99.5 cm³/mol. The SMILES string of the molecule is NCCN1CC(SNC(=O)Nc2c3c(cc4c2CCC4)CCC3)C1. The van der Waals surface area contributed by atoms with Gasteiger partial charge in [0.05, 0.1) is 5.25 Å². The van der Waals surface area contributed by atoms with Crippen molar-refractivity contribution in [1.82, 2.24) is 9.62 Å². The number of amides is 2. The first-order chi connectivity index (χ1) is 11.7. The van der Waals surface area contributed by atoms with Crippen molar-refractivity contribution in [3.8, 4) is 0 Å². The highest BCUT2D eigenvalue weighted by Crippen LogP contribution is 2.38. The van der Waals surface area contributed by atoms with Gasteiger partial charge in [-0.3, -0.25) is 9.62 Å². The summed E-state index contributed by atoms with van der Waals surface area (Å²) in [5.41, 5.74) is 12.3. The Hall–Kier alpha value is -1.24. The Bertz CT molecular complexity index is 610. The minimum absolute atomic E-state index is 0.0772. The van der Waals surface area contributed by atoms with Crippen LogP contribution in [0.1, 0.15) is 35.1 Å². The van der Waals surface area contributed by atoms with Crippen LogP contribution >= 0.6 is 11.9 Å². The Morgan fingerprint density at radius 3 is 2.46 bits per heavy atom. The van der Waals surface area contributed by atoms with Crippen molar-refractivity contribution in [2.45, 2.75) is 43.8 Å². The van der Waals surface area contributed by atoms with Crippen LogP contribution in [0.4, 0.5) is 10.5 Å². The van der Waals surface area contributed by atoms with E-state index in [1.807, 2.05) is 0 Å². The van der Waals surface area contributed by atoms with Crippen molar-refractivity contribution in [3.05, 3.63) is 28.3 Å². The van der Waals surface area contributed by atoms with Gasteiger partial charge in [0.25, 0.3) is 0 Å². The highest BCUT2D eigenvalue weighted by Gasteiger charge is 2.28. The van der Waals surface area contributed by atoms with Crippen molar-refractivity contribution in [2.75, 3.05) is 31.5 Å². The number of benzene rings is 1. The molecule has 1 aromatic rings. The van der Waals surface area contributed by atoms with Crippen molar-refractivity contribution in [1.29, 1.82) is 0 Å². The van der Waals surface area contributed by atoms with E-state index in [1.165, 1.54) is 35.1 Å². The summed E-state index contributed by atoms with van der Waals surface area (Å²) >= 11 is 1.54. The lowest BCUT2D eigenvalue weighted by Crippen LogP contribution is -2.51. The third kappa shape index (κ3) is 3.15. The number of hydrogen-bond acceptors (Lipinski definition) is 4. The highest BCUT2D eigenvalue weighted by atomic mass is 32.2. The molecule has 6 heteroatoms. The van der Waals surface area contributed by atoms with Gasteiger partial charge in [-0.05, 0) is 72.7 Å². The van der Waals surface area contributed by atoms with Gasteiger partial charge >= 0.3 is 6.03 Å². The first kappa shape index (κ1) is 16.2. The van der Waals surface area contributed by atoms with Gasteiger partial charge in [0.2, 0.25) is 0 Å². The third-order valence-electron chi connectivity index (χ3n) is 5.40. The molecule has 0 unspecified atom stereocenters. The number of rotatable bonds is 5. The second-order valence-corrected chi connectivity index (χ2v) is 8.18. The van der Waals surface area contributed by atoms with Crippen molar-refractivity contribution in [3.63, 3.8) is 0 Å². The fourth-order valence-corrected chi connectivity index (χ4v) is 5.10. The van der Waals surface area contributed by atoms with Crippen LogP contribution in [0.2, 0.25) is 0 Å². The summed E-state index contributed by atoms with van der Waals surface area (Å²) in [5, 5.41) is 3.66. The van der Waals surface area contributed by atoms with E-state index < -0.39 is 0 Å². The summed E-state index contributed by atoms with van der Waals surface area (Å²) in [4.78, 5) is 14.7. The quantitative estimate of drug-likeness (QED) is 0.714. The number of fused-ring (bicyclic) bond motifs is 2. The van der Waals surface area contributed by atoms with E-state index in [0.29, 0.717) is 11.8 Å². The summed E-state index contributed by atoms with van der Waals surface area (Å²) in [5.74, 6) is 0. The van der Waals surface area contributed by atoms with E-state index in [2.05, 4.69) is 21.0 Å². The minimum atomic E-state index is -0.0772. The third-order valence-corrected chi connectivity index (χ3v) is 6.33. The summed E-state index contributed by atoms with van der Waals surface area (Å²) in [6.07, 6.45) is 6.94. The molecule has 3 aliphatic rings. The number of urea groups is 1. The average molecular weight is 347 g/mol. The molecule has 1 saturated heterocycles. The monoisotopic (exact) mass is 346 g/mol. The molecule has 1 fully saturated rings. The average Bonchev–Trinajstić information content (AvgIpc) is 3.17. The molecule has 2 amide bonds. The van der Waals surface area contributed by atoms with E-state index >= 15 is 0 Å². The van der Waals surface area contributed by atoms with E-state index in [1.54, 1.807) is 11.9 Å². The van der Waals surface area contributed by atoms with E-state index in [4.69, 9.17) is 5.73 Å². The van der Waals surface area contributed by atoms with Gasteiger partial charge in [0.1, 0.15) is 0 Å². The molecule has 0 atom stereocenters. The topological polar surface area (TPSA) is 70.4 Å². The molecular formula is C18H26N4OS. The molecule has 1 aliphatic heterocycles. The van der Waals surface area contributed by atoms with Gasteiger partial charge in [-0.2, -0.15) is 0 Å². The number of hydrogen-bond donors (Lipinski definition) is 3. The number of nitrogens with one attached hydrogen (secondary N) is 2. The zero-order valence-corrected chi connectivity index (χ0v) is 14.9. The molecule has 0 aromatic heterocycles. The summed E-state index contributed by atoms with van der Waals surface area (Å²) in [6.45, 7) is 3.68. The Balaban J connectivity index is 1.37. The van der Waals surface area contributed by atoms with Crippen LogP contribution in [0, 0.1) is 0 Å². The fourth-order valence-electron chi connectivity index (χ4n) is 4.21. The summed E-state index contributed by atoms with van der Waals surface area (Å²) in [7, 11) is 0. The van der Waals surface area contributed by atoms with Crippen molar-refractivity contribution < 1.29 is 4.79 Å². The van der Waals surface area contributed by atoms with E-state index in [0.717, 1.165) is 51.0 Å². The first-order valence-electron chi connectivity index (χ1n) is 9.06. The Kier molecular flexibility index (Phi) is 4.70. The summed E-state index contributed by atoms with van der Waals surface area (Å²) in [6, 6.07) is 2.31. The van der Waals surface area contributed by atoms with Gasteiger partial charge < -0.3 is 11.1 Å². The first-order valence-corrected chi connectivity index (χ1v) is 9.94. The largest absolute Gasteiger partial charge is 0.329 e. The zero-order chi connectivity index (χ0) is 16.5. The lowest BCUT2D eigenvalue weighted by molar-refractivity contribution is 0.196. The number of carbonyl (C=O) groups is 1. The number of carbonyl (C=O) groups excluding carboxylic acids is 1. The second kappa shape index (κ2) is 6.94. The number of nitrogens with zero attached hydrogens (tertiary/aromatic N) is 1. The van der Waals surface area contributed by atoms with Gasteiger partial charge in [-0.1, -0.05) is 6.07 Å². The van der Waals surface area contributed by atoms with Gasteiger partial charge in [0.15, 0.2) is 0 Å². The van der Waals surface area contributed by atoms with Crippen LogP contribution in [0.5, 0.6) is 0 Å². The fraction of sp³-hybridized carbons (Fsp3) is 0.611. The Morgan fingerprint density at radius 1 is 1.17 bits per heavy atom. The second-order valence-electron chi connectivity index (χ2n) is 7.08. The smallest absolute Gasteiger partial charge is 0.329 e. The molecule has 5 nitrogen and oxygen atoms in total. The van der Waals surface area contributed by atoms with Crippen LogP contribution in [-0.2, 0) is 25.7 Å². The molecule has 4 rings (SSSR count). The normalized spacial score (nSPS) is 19.7. The highest BCUT2D eigenvalue weighted by molar-refractivity contribution is 7.98. The molecule has 4 N–H and O–H groups in total. The van der Waals surface area contributed by atoms with Crippen molar-refractivity contribution >= 4 is 23.7 Å². The minimum Gasteiger partial charge on any atom is -0.329 e. The number of anilines is 1.